The van der Waals surface area contributed by atoms with Crippen LogP contribution in [0.2, 0.25) is 0 Å². The summed E-state index contributed by atoms with van der Waals surface area (Å²) in [6.07, 6.45) is 0. The summed E-state index contributed by atoms with van der Waals surface area (Å²) < 4.78 is 12.3. The first-order chi connectivity index (χ1) is 12.5. The van der Waals surface area contributed by atoms with Gasteiger partial charge in [-0.1, -0.05) is 30.3 Å². The number of aromatic nitrogens is 1. The predicted octanol–water partition coefficient (Wildman–Crippen LogP) is 4.14. The van der Waals surface area contributed by atoms with Crippen molar-refractivity contribution in [1.82, 2.24) is 4.57 Å². The molecule has 5 nitrogen and oxygen atoms in total. The summed E-state index contributed by atoms with van der Waals surface area (Å²) >= 11 is 0. The molecule has 0 unspecified atom stereocenters. The molecule has 0 atom stereocenters. The second-order valence-corrected chi connectivity index (χ2v) is 5.82. The van der Waals surface area contributed by atoms with Gasteiger partial charge < -0.3 is 14.0 Å². The van der Waals surface area contributed by atoms with Crippen LogP contribution in [0.1, 0.15) is 32.1 Å². The number of ketones is 1. The van der Waals surface area contributed by atoms with E-state index in [0.717, 1.165) is 0 Å². The van der Waals surface area contributed by atoms with E-state index in [-0.39, 0.29) is 5.78 Å². The lowest BCUT2D eigenvalue weighted by Gasteiger charge is -2.10. The molecule has 0 aliphatic heterocycles. The van der Waals surface area contributed by atoms with Crippen LogP contribution in [0.3, 0.4) is 0 Å². The molecule has 0 aliphatic rings. The third-order valence-corrected chi connectivity index (χ3v) is 4.28. The molecule has 0 saturated carbocycles. The Morgan fingerprint density at radius 1 is 0.923 bits per heavy atom. The van der Waals surface area contributed by atoms with Gasteiger partial charge in [-0.25, -0.2) is 4.79 Å². The summed E-state index contributed by atoms with van der Waals surface area (Å²) in [6, 6.07) is 17.9. The highest BCUT2D eigenvalue weighted by Crippen LogP contribution is 2.28. The fraction of sp³-hybridized carbons (Fsp3) is 0.143. The molecule has 0 amide bonds. The maximum Gasteiger partial charge on any atom is 0.354 e. The minimum atomic E-state index is -0.483. The first kappa shape index (κ1) is 17.5. The maximum absolute atomic E-state index is 13.1. The average Bonchev–Trinajstić information content (AvgIpc) is 2.97. The SMILES string of the molecule is COC(=O)c1cc(C(=O)c2ccccc2Oc2ccccc2)c(C)n1C. The Labute approximate surface area is 151 Å². The summed E-state index contributed by atoms with van der Waals surface area (Å²) in [5.74, 6) is 0.419. The van der Waals surface area contributed by atoms with Crippen molar-refractivity contribution >= 4 is 11.8 Å². The molecule has 132 valence electrons. The van der Waals surface area contributed by atoms with Crippen molar-refractivity contribution in [2.24, 2.45) is 7.05 Å². The van der Waals surface area contributed by atoms with Crippen LogP contribution in [-0.4, -0.2) is 23.4 Å². The molecule has 0 spiro atoms. The topological polar surface area (TPSA) is 57.5 Å². The van der Waals surface area contributed by atoms with Crippen LogP contribution in [0.15, 0.2) is 60.7 Å². The first-order valence-corrected chi connectivity index (χ1v) is 8.14. The largest absolute Gasteiger partial charge is 0.464 e. The van der Waals surface area contributed by atoms with E-state index < -0.39 is 5.97 Å². The Balaban J connectivity index is 2.00. The van der Waals surface area contributed by atoms with Crippen molar-refractivity contribution in [2.45, 2.75) is 6.92 Å². The van der Waals surface area contributed by atoms with Crippen LogP contribution in [0.5, 0.6) is 11.5 Å². The Morgan fingerprint density at radius 2 is 1.58 bits per heavy atom. The van der Waals surface area contributed by atoms with Gasteiger partial charge in [0.15, 0.2) is 5.78 Å². The van der Waals surface area contributed by atoms with E-state index in [2.05, 4.69) is 0 Å². The van der Waals surface area contributed by atoms with Gasteiger partial charge in [0.25, 0.3) is 0 Å². The zero-order valence-electron chi connectivity index (χ0n) is 14.9. The molecule has 0 fully saturated rings. The molecular formula is C21H19NO4. The zero-order chi connectivity index (χ0) is 18.7. The van der Waals surface area contributed by atoms with Gasteiger partial charge in [-0.15, -0.1) is 0 Å². The summed E-state index contributed by atoms with van der Waals surface area (Å²) in [5.41, 5.74) is 1.89. The maximum atomic E-state index is 13.1. The van der Waals surface area contributed by atoms with E-state index in [0.29, 0.717) is 34.0 Å². The fourth-order valence-electron chi connectivity index (χ4n) is 2.73. The molecule has 0 aliphatic carbocycles. The molecule has 2 aromatic carbocycles. The number of carbonyl (C=O) groups is 2. The van der Waals surface area contributed by atoms with Crippen LogP contribution in [0.4, 0.5) is 0 Å². The third-order valence-electron chi connectivity index (χ3n) is 4.28. The second kappa shape index (κ2) is 7.27. The highest BCUT2D eigenvalue weighted by Gasteiger charge is 2.23. The van der Waals surface area contributed by atoms with E-state index in [9.17, 15) is 9.59 Å². The zero-order valence-corrected chi connectivity index (χ0v) is 14.9. The van der Waals surface area contributed by atoms with Gasteiger partial charge in [-0.3, -0.25) is 4.79 Å². The van der Waals surface area contributed by atoms with Gasteiger partial charge in [-0.2, -0.15) is 0 Å². The van der Waals surface area contributed by atoms with Crippen LogP contribution in [0, 0.1) is 6.92 Å². The molecule has 26 heavy (non-hydrogen) atoms. The molecule has 5 heteroatoms. The number of nitrogens with zero attached hydrogens (tertiary/aromatic N) is 1. The number of hydrogen-bond donors (Lipinski definition) is 0. The van der Waals surface area contributed by atoms with Crippen LogP contribution < -0.4 is 4.74 Å². The first-order valence-electron chi connectivity index (χ1n) is 8.14. The predicted molar refractivity (Wildman–Crippen MR) is 97.9 cm³/mol. The number of ether oxygens (including phenoxy) is 2. The van der Waals surface area contributed by atoms with Gasteiger partial charge in [0.05, 0.1) is 12.7 Å². The number of methoxy groups -OCH3 is 1. The molecule has 0 saturated heterocycles. The van der Waals surface area contributed by atoms with Crippen molar-refractivity contribution in [1.29, 1.82) is 0 Å². The Bertz CT molecular complexity index is 957. The van der Waals surface area contributed by atoms with Crippen LogP contribution >= 0.6 is 0 Å². The van der Waals surface area contributed by atoms with Gasteiger partial charge in [-0.05, 0) is 37.3 Å². The standard InChI is InChI=1S/C21H19NO4/c1-14-17(13-18(22(14)2)21(24)25-3)20(23)16-11-7-8-12-19(16)26-15-9-5-4-6-10-15/h4-13H,1-3H3. The highest BCUT2D eigenvalue weighted by molar-refractivity contribution is 6.12. The van der Waals surface area contributed by atoms with E-state index in [1.54, 1.807) is 42.8 Å². The van der Waals surface area contributed by atoms with Crippen molar-refractivity contribution in [3.05, 3.63) is 83.2 Å². The number of esters is 1. The molecule has 1 heterocycles. The van der Waals surface area contributed by atoms with Crippen molar-refractivity contribution < 1.29 is 19.1 Å². The molecule has 0 bridgehead atoms. The summed E-state index contributed by atoms with van der Waals surface area (Å²) in [6.45, 7) is 1.79. The van der Waals surface area contributed by atoms with Crippen LogP contribution in [0.25, 0.3) is 0 Å². The molecular weight excluding hydrogens is 330 g/mol. The van der Waals surface area contributed by atoms with Crippen molar-refractivity contribution in [2.75, 3.05) is 7.11 Å². The lowest BCUT2D eigenvalue weighted by molar-refractivity contribution is 0.0589. The lowest BCUT2D eigenvalue weighted by Crippen LogP contribution is -2.08. The third kappa shape index (κ3) is 3.24. The summed E-state index contributed by atoms with van der Waals surface area (Å²) in [7, 11) is 3.04. The Kier molecular flexibility index (Phi) is 4.89. The van der Waals surface area contributed by atoms with Crippen molar-refractivity contribution in [3.8, 4) is 11.5 Å². The van der Waals surface area contributed by atoms with Crippen LogP contribution in [-0.2, 0) is 11.8 Å². The highest BCUT2D eigenvalue weighted by atomic mass is 16.5. The number of para-hydroxylation sites is 2. The normalized spacial score (nSPS) is 10.4. The minimum absolute atomic E-state index is 0.209. The molecule has 0 radical (unpaired) electrons. The quantitative estimate of drug-likeness (QED) is 0.513. The number of hydrogen-bond acceptors (Lipinski definition) is 4. The molecule has 1 aromatic heterocycles. The summed E-state index contributed by atoms with van der Waals surface area (Å²) in [4.78, 5) is 25.0. The molecule has 0 N–H and O–H groups in total. The smallest absolute Gasteiger partial charge is 0.354 e. The van der Waals surface area contributed by atoms with E-state index in [1.165, 1.54) is 7.11 Å². The van der Waals surface area contributed by atoms with Gasteiger partial charge in [0.2, 0.25) is 0 Å². The van der Waals surface area contributed by atoms with E-state index >= 15 is 0 Å². The van der Waals surface area contributed by atoms with Crippen molar-refractivity contribution in [3.63, 3.8) is 0 Å². The molecule has 3 rings (SSSR count). The number of carbonyl (C=O) groups excluding carboxylic acids is 2. The Hall–Kier alpha value is -3.34. The fourth-order valence-corrected chi connectivity index (χ4v) is 2.73. The summed E-state index contributed by atoms with van der Waals surface area (Å²) in [5, 5.41) is 0. The monoisotopic (exact) mass is 349 g/mol. The van der Waals surface area contributed by atoms with E-state index in [4.69, 9.17) is 9.47 Å². The minimum Gasteiger partial charge on any atom is -0.464 e. The van der Waals surface area contributed by atoms with Gasteiger partial charge in [0, 0.05) is 18.3 Å². The van der Waals surface area contributed by atoms with Gasteiger partial charge in [0.1, 0.15) is 17.2 Å². The molecule has 3 aromatic rings. The Morgan fingerprint density at radius 3 is 2.27 bits per heavy atom. The average molecular weight is 349 g/mol. The number of benzene rings is 2. The number of rotatable bonds is 5. The lowest BCUT2D eigenvalue weighted by atomic mass is 10.0. The van der Waals surface area contributed by atoms with Gasteiger partial charge >= 0.3 is 5.97 Å². The van der Waals surface area contributed by atoms with E-state index in [1.807, 2.05) is 36.4 Å². The second-order valence-electron chi connectivity index (χ2n) is 5.82.